The number of hydrogen-bond acceptors (Lipinski definition) is 4. The minimum Gasteiger partial charge on any atom is -0.258 e. The van der Waals surface area contributed by atoms with Crippen molar-refractivity contribution in [2.24, 2.45) is 5.92 Å². The fourth-order valence-electron chi connectivity index (χ4n) is 2.64. The highest BCUT2D eigenvalue weighted by Crippen LogP contribution is 2.36. The molecule has 0 aromatic heterocycles. The normalized spacial score (nSPS) is 25.9. The topological polar surface area (TPSA) is 80.5 Å². The van der Waals surface area contributed by atoms with Crippen LogP contribution in [0, 0.1) is 16.0 Å². The Morgan fingerprint density at radius 1 is 1.32 bits per heavy atom. The van der Waals surface area contributed by atoms with Crippen molar-refractivity contribution in [1.82, 2.24) is 4.31 Å². The quantitative estimate of drug-likeness (QED) is 0.478. The Labute approximate surface area is 110 Å². The number of rotatable bonds is 3. The number of nitrogens with zero attached hydrogens (tertiary/aromatic N) is 2. The first-order valence-corrected chi connectivity index (χ1v) is 7.37. The van der Waals surface area contributed by atoms with Gasteiger partial charge in [0.25, 0.3) is 5.69 Å². The van der Waals surface area contributed by atoms with E-state index in [0.29, 0.717) is 6.54 Å². The lowest BCUT2D eigenvalue weighted by molar-refractivity contribution is -0.385. The number of nitro benzene ring substituents is 1. The number of fused-ring (bicyclic) bond motifs is 2. The molecule has 3 rings (SSSR count). The second-order valence-corrected chi connectivity index (χ2v) is 6.67. The molecule has 0 saturated carbocycles. The highest BCUT2D eigenvalue weighted by Gasteiger charge is 2.41. The predicted molar refractivity (Wildman–Crippen MR) is 68.0 cm³/mol. The van der Waals surface area contributed by atoms with E-state index in [0.717, 1.165) is 12.5 Å². The molecule has 2 atom stereocenters. The van der Waals surface area contributed by atoms with Gasteiger partial charge in [0.05, 0.1) is 9.82 Å². The maximum atomic E-state index is 12.5. The molecule has 100 valence electrons. The molecule has 1 saturated heterocycles. The lowest BCUT2D eigenvalue weighted by Crippen LogP contribution is -2.35. The van der Waals surface area contributed by atoms with E-state index in [1.165, 1.54) is 22.5 Å². The predicted octanol–water partition coefficient (Wildman–Crippen LogP) is 1.54. The zero-order chi connectivity index (χ0) is 13.6. The van der Waals surface area contributed by atoms with Crippen molar-refractivity contribution in [1.29, 1.82) is 0 Å². The van der Waals surface area contributed by atoms with Gasteiger partial charge >= 0.3 is 0 Å². The van der Waals surface area contributed by atoms with Crippen molar-refractivity contribution in [3.05, 3.63) is 46.5 Å². The van der Waals surface area contributed by atoms with E-state index in [9.17, 15) is 18.5 Å². The Hall–Kier alpha value is -1.73. The highest BCUT2D eigenvalue weighted by molar-refractivity contribution is 7.89. The number of sulfonamides is 1. The summed E-state index contributed by atoms with van der Waals surface area (Å²) in [5, 5.41) is 10.7. The van der Waals surface area contributed by atoms with Gasteiger partial charge in [-0.25, -0.2) is 8.42 Å². The Bertz CT molecular complexity index is 668. The third kappa shape index (κ3) is 1.95. The highest BCUT2D eigenvalue weighted by atomic mass is 32.2. The summed E-state index contributed by atoms with van der Waals surface area (Å²) in [6.07, 6.45) is 4.74. The second kappa shape index (κ2) is 4.14. The van der Waals surface area contributed by atoms with Crippen molar-refractivity contribution in [2.75, 3.05) is 6.54 Å². The first-order valence-electron chi connectivity index (χ1n) is 5.93. The molecule has 1 heterocycles. The van der Waals surface area contributed by atoms with Crippen LogP contribution in [0.3, 0.4) is 0 Å². The van der Waals surface area contributed by atoms with Gasteiger partial charge in [0.1, 0.15) is 0 Å². The molecule has 0 amide bonds. The van der Waals surface area contributed by atoms with Crippen LogP contribution in [0.1, 0.15) is 6.42 Å². The van der Waals surface area contributed by atoms with E-state index in [1.54, 1.807) is 0 Å². The van der Waals surface area contributed by atoms with Crippen LogP contribution in [-0.4, -0.2) is 30.2 Å². The zero-order valence-electron chi connectivity index (χ0n) is 9.97. The van der Waals surface area contributed by atoms with Crippen molar-refractivity contribution in [3.8, 4) is 0 Å². The van der Waals surface area contributed by atoms with Crippen molar-refractivity contribution >= 4 is 15.7 Å². The third-order valence-electron chi connectivity index (χ3n) is 3.57. The van der Waals surface area contributed by atoms with Crippen LogP contribution in [0.4, 0.5) is 5.69 Å². The van der Waals surface area contributed by atoms with Gasteiger partial charge in [-0.05, 0) is 18.4 Å². The van der Waals surface area contributed by atoms with E-state index in [2.05, 4.69) is 0 Å². The van der Waals surface area contributed by atoms with Crippen LogP contribution in [0.2, 0.25) is 0 Å². The average Bonchev–Trinajstić information content (AvgIpc) is 3.01. The smallest absolute Gasteiger partial charge is 0.258 e. The molecule has 0 N–H and O–H groups in total. The first kappa shape index (κ1) is 12.3. The summed E-state index contributed by atoms with van der Waals surface area (Å²) in [5.41, 5.74) is -0.207. The molecular formula is C12H12N2O4S. The van der Waals surface area contributed by atoms with E-state index >= 15 is 0 Å². The molecule has 2 bridgehead atoms. The van der Waals surface area contributed by atoms with Gasteiger partial charge in [0.2, 0.25) is 10.0 Å². The molecule has 1 fully saturated rings. The summed E-state index contributed by atoms with van der Waals surface area (Å²) in [6, 6.07) is 5.10. The van der Waals surface area contributed by atoms with E-state index in [1.807, 2.05) is 12.2 Å². The fourth-order valence-corrected chi connectivity index (χ4v) is 4.33. The van der Waals surface area contributed by atoms with Crippen LogP contribution in [-0.2, 0) is 10.0 Å². The first-order chi connectivity index (χ1) is 8.98. The average molecular weight is 280 g/mol. The van der Waals surface area contributed by atoms with Gasteiger partial charge in [-0.1, -0.05) is 18.2 Å². The molecule has 2 aliphatic rings. The summed E-state index contributed by atoms with van der Waals surface area (Å²) in [7, 11) is -3.65. The SMILES string of the molecule is O=[N+]([O-])c1cccc(S(=O)(=O)N2CC3C=CC2C3)c1. The number of hydrogen-bond donors (Lipinski definition) is 0. The molecule has 0 spiro atoms. The van der Waals surface area contributed by atoms with E-state index in [4.69, 9.17) is 0 Å². The standard InChI is InChI=1S/C12H12N2O4S/c15-14(16)11-2-1-3-12(7-11)19(17,18)13-8-9-4-5-10(13)6-9/h1-5,7,9-10H,6,8H2. The van der Waals surface area contributed by atoms with Crippen LogP contribution >= 0.6 is 0 Å². The minimum absolute atomic E-state index is 0.0114. The summed E-state index contributed by atoms with van der Waals surface area (Å²) in [4.78, 5) is 10.1. The fraction of sp³-hybridized carbons (Fsp3) is 0.333. The molecular weight excluding hydrogens is 268 g/mol. The van der Waals surface area contributed by atoms with E-state index in [-0.39, 0.29) is 22.5 Å². The largest absolute Gasteiger partial charge is 0.270 e. The molecule has 1 aliphatic heterocycles. The lowest BCUT2D eigenvalue weighted by Gasteiger charge is -2.23. The minimum atomic E-state index is -3.65. The van der Waals surface area contributed by atoms with Crippen molar-refractivity contribution in [3.63, 3.8) is 0 Å². The monoisotopic (exact) mass is 280 g/mol. The van der Waals surface area contributed by atoms with Crippen LogP contribution in [0.5, 0.6) is 0 Å². The molecule has 1 aromatic carbocycles. The third-order valence-corrected chi connectivity index (χ3v) is 5.46. The van der Waals surface area contributed by atoms with Gasteiger partial charge in [0.15, 0.2) is 0 Å². The van der Waals surface area contributed by atoms with Gasteiger partial charge in [-0.3, -0.25) is 10.1 Å². The Balaban J connectivity index is 1.99. The van der Waals surface area contributed by atoms with Crippen molar-refractivity contribution < 1.29 is 13.3 Å². The summed E-state index contributed by atoms with van der Waals surface area (Å²) in [6.45, 7) is 0.464. The maximum absolute atomic E-state index is 12.5. The van der Waals surface area contributed by atoms with Crippen LogP contribution in [0.15, 0.2) is 41.3 Å². The second-order valence-electron chi connectivity index (χ2n) is 4.78. The summed E-state index contributed by atoms with van der Waals surface area (Å²) < 4.78 is 26.4. The van der Waals surface area contributed by atoms with Gasteiger partial charge in [-0.15, -0.1) is 0 Å². The lowest BCUT2D eigenvalue weighted by atomic mass is 10.2. The molecule has 1 aromatic rings. The van der Waals surface area contributed by atoms with Gasteiger partial charge in [-0.2, -0.15) is 4.31 Å². The van der Waals surface area contributed by atoms with Gasteiger partial charge in [0, 0.05) is 24.7 Å². The van der Waals surface area contributed by atoms with Crippen LogP contribution < -0.4 is 0 Å². The molecule has 7 heteroatoms. The van der Waals surface area contributed by atoms with Gasteiger partial charge < -0.3 is 0 Å². The maximum Gasteiger partial charge on any atom is 0.270 e. The summed E-state index contributed by atoms with van der Waals surface area (Å²) >= 11 is 0. The van der Waals surface area contributed by atoms with Crippen molar-refractivity contribution in [2.45, 2.75) is 17.4 Å². The van der Waals surface area contributed by atoms with Crippen LogP contribution in [0.25, 0.3) is 0 Å². The Kier molecular flexibility index (Phi) is 2.68. The molecule has 19 heavy (non-hydrogen) atoms. The molecule has 2 unspecified atom stereocenters. The number of non-ortho nitro benzene ring substituents is 1. The number of nitro groups is 1. The zero-order valence-corrected chi connectivity index (χ0v) is 10.8. The van der Waals surface area contributed by atoms with E-state index < -0.39 is 14.9 Å². The number of benzene rings is 1. The Morgan fingerprint density at radius 2 is 2.11 bits per heavy atom. The Morgan fingerprint density at radius 3 is 2.68 bits per heavy atom. The molecule has 6 nitrogen and oxygen atoms in total. The summed E-state index contributed by atoms with van der Waals surface area (Å²) in [5.74, 6) is 0.276. The molecule has 1 aliphatic carbocycles. The molecule has 0 radical (unpaired) electrons.